The van der Waals surface area contributed by atoms with Gasteiger partial charge in [0.05, 0.1) is 25.2 Å². The van der Waals surface area contributed by atoms with Crippen molar-refractivity contribution in [3.05, 3.63) is 0 Å². The van der Waals surface area contributed by atoms with Gasteiger partial charge in [-0.2, -0.15) is 0 Å². The molecule has 0 aromatic rings. The minimum Gasteiger partial charge on any atom is -0.466 e. The number of ether oxygens (including phenoxy) is 3. The fraction of sp³-hybridized carbons (Fsp3) is 0.846. The number of carbonyl (C=O) groups is 2. The second-order valence-corrected chi connectivity index (χ2v) is 4.31. The summed E-state index contributed by atoms with van der Waals surface area (Å²) < 4.78 is 14.6. The van der Waals surface area contributed by atoms with Crippen LogP contribution in [0, 0.1) is 5.41 Å². The van der Waals surface area contributed by atoms with Crippen LogP contribution in [0.25, 0.3) is 0 Å². The fourth-order valence-electron chi connectivity index (χ4n) is 1.71. The Morgan fingerprint density at radius 1 is 0.944 bits per heavy atom. The molecule has 0 radical (unpaired) electrons. The largest absolute Gasteiger partial charge is 0.508 e. The van der Waals surface area contributed by atoms with Crippen LogP contribution in [-0.2, 0) is 19.0 Å². The van der Waals surface area contributed by atoms with E-state index in [0.29, 0.717) is 19.4 Å². The zero-order valence-corrected chi connectivity index (χ0v) is 11.8. The van der Waals surface area contributed by atoms with Crippen LogP contribution in [0.5, 0.6) is 0 Å². The highest BCUT2D eigenvalue weighted by Crippen LogP contribution is 2.29. The van der Waals surface area contributed by atoms with Crippen molar-refractivity contribution in [2.75, 3.05) is 19.8 Å². The Morgan fingerprint density at radius 2 is 1.56 bits per heavy atom. The molecular formula is C13H24O5. The lowest BCUT2D eigenvalue weighted by Crippen LogP contribution is -2.31. The molecule has 0 amide bonds. The van der Waals surface area contributed by atoms with Crippen molar-refractivity contribution in [2.24, 2.45) is 5.41 Å². The molecule has 5 nitrogen and oxygen atoms in total. The van der Waals surface area contributed by atoms with E-state index in [9.17, 15) is 9.59 Å². The standard InChI is InChI=1S/C13H24O5/c1-5-8-13(4,11(14)16-6-2)9-10-18-12(15)17-7-3/h5-10H2,1-4H3. The average Bonchev–Trinajstić information content (AvgIpc) is 2.30. The summed E-state index contributed by atoms with van der Waals surface area (Å²) in [7, 11) is 0. The molecule has 0 saturated heterocycles. The SMILES string of the molecule is CCCC(C)(CCOC(=O)OCC)C(=O)OCC. The Bertz CT molecular complexity index is 264. The van der Waals surface area contributed by atoms with Gasteiger partial charge < -0.3 is 14.2 Å². The van der Waals surface area contributed by atoms with Gasteiger partial charge in [-0.1, -0.05) is 13.3 Å². The predicted octanol–water partition coefficient (Wildman–Crippen LogP) is 2.92. The summed E-state index contributed by atoms with van der Waals surface area (Å²) in [6.07, 6.45) is 1.32. The highest BCUT2D eigenvalue weighted by molar-refractivity contribution is 5.76. The number of carbonyl (C=O) groups excluding carboxylic acids is 2. The van der Waals surface area contributed by atoms with Crippen LogP contribution in [0.2, 0.25) is 0 Å². The summed E-state index contributed by atoms with van der Waals surface area (Å²) in [6.45, 7) is 8.13. The molecule has 0 aromatic heterocycles. The molecule has 1 unspecified atom stereocenters. The van der Waals surface area contributed by atoms with Crippen LogP contribution in [0.3, 0.4) is 0 Å². The van der Waals surface area contributed by atoms with E-state index in [2.05, 4.69) is 4.74 Å². The first-order valence-corrected chi connectivity index (χ1v) is 6.47. The Balaban J connectivity index is 4.26. The monoisotopic (exact) mass is 260 g/mol. The van der Waals surface area contributed by atoms with Gasteiger partial charge >= 0.3 is 12.1 Å². The van der Waals surface area contributed by atoms with E-state index < -0.39 is 11.6 Å². The third-order valence-corrected chi connectivity index (χ3v) is 2.71. The molecule has 1 atom stereocenters. The zero-order valence-electron chi connectivity index (χ0n) is 11.8. The van der Waals surface area contributed by atoms with Gasteiger partial charge in [-0.05, 0) is 33.6 Å². The van der Waals surface area contributed by atoms with Gasteiger partial charge in [0.1, 0.15) is 0 Å². The van der Waals surface area contributed by atoms with Crippen molar-refractivity contribution in [1.29, 1.82) is 0 Å². The van der Waals surface area contributed by atoms with Gasteiger partial charge in [0.25, 0.3) is 0 Å². The molecule has 0 rings (SSSR count). The van der Waals surface area contributed by atoms with Gasteiger partial charge in [0, 0.05) is 0 Å². The molecular weight excluding hydrogens is 236 g/mol. The Hall–Kier alpha value is -1.26. The van der Waals surface area contributed by atoms with Gasteiger partial charge in [-0.25, -0.2) is 4.79 Å². The number of hydrogen-bond donors (Lipinski definition) is 0. The second kappa shape index (κ2) is 8.78. The summed E-state index contributed by atoms with van der Waals surface area (Å²) in [6, 6.07) is 0. The van der Waals surface area contributed by atoms with Crippen LogP contribution in [0.1, 0.15) is 47.0 Å². The first kappa shape index (κ1) is 16.7. The molecule has 0 bridgehead atoms. The Labute approximate surface area is 109 Å². The summed E-state index contributed by atoms with van der Waals surface area (Å²) in [5.41, 5.74) is -0.600. The van der Waals surface area contributed by atoms with Crippen LogP contribution < -0.4 is 0 Å². The van der Waals surface area contributed by atoms with E-state index in [0.717, 1.165) is 6.42 Å². The molecule has 5 heteroatoms. The molecule has 0 N–H and O–H groups in total. The first-order valence-electron chi connectivity index (χ1n) is 6.47. The molecule has 0 aromatic carbocycles. The number of hydrogen-bond acceptors (Lipinski definition) is 5. The minimum atomic E-state index is -0.694. The number of esters is 1. The third-order valence-electron chi connectivity index (χ3n) is 2.71. The quantitative estimate of drug-likeness (QED) is 0.628. The van der Waals surface area contributed by atoms with E-state index >= 15 is 0 Å². The molecule has 0 heterocycles. The molecule has 18 heavy (non-hydrogen) atoms. The molecule has 0 aliphatic heterocycles. The van der Waals surface area contributed by atoms with E-state index in [1.165, 1.54) is 0 Å². The van der Waals surface area contributed by atoms with Crippen molar-refractivity contribution in [2.45, 2.75) is 47.0 Å². The highest BCUT2D eigenvalue weighted by Gasteiger charge is 2.33. The Morgan fingerprint density at radius 3 is 2.06 bits per heavy atom. The van der Waals surface area contributed by atoms with E-state index in [1.807, 2.05) is 13.8 Å². The molecule has 0 aliphatic carbocycles. The molecule has 0 spiro atoms. The molecule has 0 saturated carbocycles. The van der Waals surface area contributed by atoms with Crippen molar-refractivity contribution in [3.8, 4) is 0 Å². The van der Waals surface area contributed by atoms with Crippen molar-refractivity contribution < 1.29 is 23.8 Å². The molecule has 106 valence electrons. The maximum atomic E-state index is 11.9. The summed E-state index contributed by atoms with van der Waals surface area (Å²) in [4.78, 5) is 22.9. The van der Waals surface area contributed by atoms with Gasteiger partial charge in [-0.3, -0.25) is 4.79 Å². The third kappa shape index (κ3) is 5.89. The lowest BCUT2D eigenvalue weighted by atomic mass is 9.82. The minimum absolute atomic E-state index is 0.161. The normalized spacial score (nSPS) is 13.6. The lowest BCUT2D eigenvalue weighted by molar-refractivity contribution is -0.156. The lowest BCUT2D eigenvalue weighted by Gasteiger charge is -2.26. The van der Waals surface area contributed by atoms with E-state index in [4.69, 9.17) is 9.47 Å². The van der Waals surface area contributed by atoms with Gasteiger partial charge in [-0.15, -0.1) is 0 Å². The van der Waals surface area contributed by atoms with Crippen LogP contribution in [0.4, 0.5) is 4.79 Å². The van der Waals surface area contributed by atoms with Crippen LogP contribution in [-0.4, -0.2) is 31.9 Å². The second-order valence-electron chi connectivity index (χ2n) is 4.31. The number of rotatable bonds is 8. The van der Waals surface area contributed by atoms with Crippen molar-refractivity contribution in [3.63, 3.8) is 0 Å². The molecule has 0 fully saturated rings. The predicted molar refractivity (Wildman–Crippen MR) is 67.2 cm³/mol. The van der Waals surface area contributed by atoms with Crippen LogP contribution in [0.15, 0.2) is 0 Å². The summed E-state index contributed by atoms with van der Waals surface area (Å²) >= 11 is 0. The van der Waals surface area contributed by atoms with Gasteiger partial charge in [0.2, 0.25) is 0 Å². The van der Waals surface area contributed by atoms with Crippen molar-refractivity contribution >= 4 is 12.1 Å². The fourth-order valence-corrected chi connectivity index (χ4v) is 1.71. The zero-order chi connectivity index (χ0) is 14.0. The maximum Gasteiger partial charge on any atom is 0.508 e. The average molecular weight is 260 g/mol. The summed E-state index contributed by atoms with van der Waals surface area (Å²) in [5, 5.41) is 0. The Kier molecular flexibility index (Phi) is 8.16. The topological polar surface area (TPSA) is 61.8 Å². The summed E-state index contributed by atoms with van der Waals surface area (Å²) in [5.74, 6) is -0.237. The van der Waals surface area contributed by atoms with Gasteiger partial charge in [0.15, 0.2) is 0 Å². The smallest absolute Gasteiger partial charge is 0.466 e. The van der Waals surface area contributed by atoms with Crippen molar-refractivity contribution in [1.82, 2.24) is 0 Å². The first-order chi connectivity index (χ1) is 8.50. The van der Waals surface area contributed by atoms with E-state index in [1.54, 1.807) is 13.8 Å². The van der Waals surface area contributed by atoms with E-state index in [-0.39, 0.29) is 19.2 Å². The molecule has 0 aliphatic rings. The highest BCUT2D eigenvalue weighted by atomic mass is 16.7. The van der Waals surface area contributed by atoms with Crippen LogP contribution >= 0.6 is 0 Å². The maximum absolute atomic E-state index is 11.9.